The van der Waals surface area contributed by atoms with Gasteiger partial charge >= 0.3 is 0 Å². The standard InChI is InChI=1S/C15H28N2OS/c1-10(2)8-13-15(18)17(14(16-13)11(3)4)12-6-5-7-19-9-12/h10-14,16H,5-9H2,1-4H3. The lowest BCUT2D eigenvalue weighted by Gasteiger charge is -2.36. The summed E-state index contributed by atoms with van der Waals surface area (Å²) in [4.78, 5) is 14.9. The summed E-state index contributed by atoms with van der Waals surface area (Å²) in [6.07, 6.45) is 3.62. The lowest BCUT2D eigenvalue weighted by atomic mass is 10.0. The van der Waals surface area contributed by atoms with E-state index in [1.165, 1.54) is 18.6 Å². The molecule has 0 spiro atoms. The molecule has 1 amide bonds. The SMILES string of the molecule is CC(C)CC1NC(C(C)C)N(C2CCCSC2)C1=O. The van der Waals surface area contributed by atoms with Gasteiger partial charge in [0.25, 0.3) is 0 Å². The van der Waals surface area contributed by atoms with E-state index in [0.717, 1.165) is 12.2 Å². The number of nitrogens with zero attached hydrogens (tertiary/aromatic N) is 1. The van der Waals surface area contributed by atoms with Crippen molar-refractivity contribution in [2.75, 3.05) is 11.5 Å². The molecule has 3 atom stereocenters. The van der Waals surface area contributed by atoms with Crippen LogP contribution in [0.1, 0.15) is 47.0 Å². The molecular weight excluding hydrogens is 256 g/mol. The Morgan fingerprint density at radius 1 is 1.37 bits per heavy atom. The van der Waals surface area contributed by atoms with Crippen molar-refractivity contribution in [1.29, 1.82) is 0 Å². The number of rotatable bonds is 4. The summed E-state index contributed by atoms with van der Waals surface area (Å²) in [7, 11) is 0. The van der Waals surface area contributed by atoms with Crippen LogP contribution in [0.5, 0.6) is 0 Å². The molecule has 0 saturated carbocycles. The largest absolute Gasteiger partial charge is 0.322 e. The van der Waals surface area contributed by atoms with Crippen molar-refractivity contribution in [3.63, 3.8) is 0 Å². The monoisotopic (exact) mass is 284 g/mol. The van der Waals surface area contributed by atoms with Crippen LogP contribution in [0.3, 0.4) is 0 Å². The minimum absolute atomic E-state index is 0.0410. The summed E-state index contributed by atoms with van der Waals surface area (Å²) in [5.41, 5.74) is 0. The highest BCUT2D eigenvalue weighted by atomic mass is 32.2. The number of carbonyl (C=O) groups is 1. The molecule has 0 aromatic heterocycles. The molecule has 0 aromatic carbocycles. The van der Waals surface area contributed by atoms with Crippen LogP contribution in [0.4, 0.5) is 0 Å². The Morgan fingerprint density at radius 2 is 2.11 bits per heavy atom. The quantitative estimate of drug-likeness (QED) is 0.861. The van der Waals surface area contributed by atoms with E-state index in [4.69, 9.17) is 0 Å². The van der Waals surface area contributed by atoms with Crippen LogP contribution in [0.15, 0.2) is 0 Å². The first-order chi connectivity index (χ1) is 9.00. The van der Waals surface area contributed by atoms with E-state index in [9.17, 15) is 4.79 Å². The zero-order valence-corrected chi connectivity index (χ0v) is 13.5. The zero-order chi connectivity index (χ0) is 14.0. The van der Waals surface area contributed by atoms with E-state index in [1.54, 1.807) is 0 Å². The topological polar surface area (TPSA) is 32.3 Å². The van der Waals surface area contributed by atoms with Crippen molar-refractivity contribution >= 4 is 17.7 Å². The summed E-state index contributed by atoms with van der Waals surface area (Å²) in [5.74, 6) is 3.77. The van der Waals surface area contributed by atoms with Gasteiger partial charge in [-0.15, -0.1) is 0 Å². The molecular formula is C15H28N2OS. The van der Waals surface area contributed by atoms with Gasteiger partial charge in [-0.05, 0) is 36.9 Å². The minimum atomic E-state index is 0.0410. The van der Waals surface area contributed by atoms with Gasteiger partial charge in [0.15, 0.2) is 0 Å². The molecule has 0 radical (unpaired) electrons. The van der Waals surface area contributed by atoms with E-state index in [-0.39, 0.29) is 12.2 Å². The van der Waals surface area contributed by atoms with Gasteiger partial charge in [0, 0.05) is 11.8 Å². The molecule has 3 nitrogen and oxygen atoms in total. The number of hydrogen-bond donors (Lipinski definition) is 1. The Labute approximate surface area is 121 Å². The van der Waals surface area contributed by atoms with Crippen molar-refractivity contribution in [1.82, 2.24) is 10.2 Å². The van der Waals surface area contributed by atoms with E-state index >= 15 is 0 Å². The molecule has 3 unspecified atom stereocenters. The lowest BCUT2D eigenvalue weighted by Crippen LogP contribution is -2.49. The van der Waals surface area contributed by atoms with Crippen LogP contribution in [0.25, 0.3) is 0 Å². The average molecular weight is 284 g/mol. The first-order valence-corrected chi connectivity index (χ1v) is 8.82. The number of amides is 1. The third-order valence-corrected chi connectivity index (χ3v) is 5.29. The van der Waals surface area contributed by atoms with Gasteiger partial charge in [-0.1, -0.05) is 27.7 Å². The summed E-state index contributed by atoms with van der Waals surface area (Å²) in [5, 5.41) is 3.59. The predicted octanol–water partition coefficient (Wildman–Crippen LogP) is 2.71. The molecule has 2 aliphatic rings. The van der Waals surface area contributed by atoms with Crippen molar-refractivity contribution in [2.24, 2.45) is 11.8 Å². The molecule has 4 heteroatoms. The number of thioether (sulfide) groups is 1. The molecule has 2 fully saturated rings. The van der Waals surface area contributed by atoms with Crippen LogP contribution < -0.4 is 5.32 Å². The Bertz CT molecular complexity index is 313. The third kappa shape index (κ3) is 3.46. The maximum atomic E-state index is 12.7. The molecule has 19 heavy (non-hydrogen) atoms. The Kier molecular flexibility index (Phi) is 5.18. The molecule has 2 aliphatic heterocycles. The molecule has 0 aliphatic carbocycles. The molecule has 0 bridgehead atoms. The Morgan fingerprint density at radius 3 is 2.63 bits per heavy atom. The predicted molar refractivity (Wildman–Crippen MR) is 82.2 cm³/mol. The average Bonchev–Trinajstić information content (AvgIpc) is 2.67. The smallest absolute Gasteiger partial charge is 0.241 e. The normalized spacial score (nSPS) is 32.6. The highest BCUT2D eigenvalue weighted by Crippen LogP contribution is 2.29. The van der Waals surface area contributed by atoms with Gasteiger partial charge in [-0.2, -0.15) is 11.8 Å². The van der Waals surface area contributed by atoms with Crippen molar-refractivity contribution < 1.29 is 4.79 Å². The summed E-state index contributed by atoms with van der Waals surface area (Å²) in [6.45, 7) is 8.81. The highest BCUT2D eigenvalue weighted by Gasteiger charge is 2.43. The summed E-state index contributed by atoms with van der Waals surface area (Å²) in [6, 6.07) is 0.489. The first-order valence-electron chi connectivity index (χ1n) is 7.66. The van der Waals surface area contributed by atoms with Crippen molar-refractivity contribution in [2.45, 2.75) is 65.2 Å². The zero-order valence-electron chi connectivity index (χ0n) is 12.7. The van der Waals surface area contributed by atoms with E-state index < -0.39 is 0 Å². The molecule has 1 N–H and O–H groups in total. The van der Waals surface area contributed by atoms with E-state index in [1.807, 2.05) is 11.8 Å². The second-order valence-electron chi connectivity index (χ2n) is 6.65. The fourth-order valence-electron chi connectivity index (χ4n) is 3.18. The molecule has 110 valence electrons. The molecule has 0 aromatic rings. The maximum absolute atomic E-state index is 12.7. The van der Waals surface area contributed by atoms with Crippen LogP contribution in [0, 0.1) is 11.8 Å². The van der Waals surface area contributed by atoms with E-state index in [2.05, 4.69) is 37.9 Å². The minimum Gasteiger partial charge on any atom is -0.322 e. The Balaban J connectivity index is 2.10. The second-order valence-corrected chi connectivity index (χ2v) is 7.80. The number of hydrogen-bond acceptors (Lipinski definition) is 3. The van der Waals surface area contributed by atoms with Gasteiger partial charge in [-0.3, -0.25) is 10.1 Å². The van der Waals surface area contributed by atoms with Gasteiger partial charge in [0.05, 0.1) is 12.2 Å². The van der Waals surface area contributed by atoms with Gasteiger partial charge in [0.1, 0.15) is 0 Å². The number of carbonyl (C=O) groups excluding carboxylic acids is 1. The molecule has 2 rings (SSSR count). The van der Waals surface area contributed by atoms with Crippen LogP contribution in [-0.4, -0.2) is 40.6 Å². The van der Waals surface area contributed by atoms with Crippen LogP contribution in [0.2, 0.25) is 0 Å². The highest BCUT2D eigenvalue weighted by molar-refractivity contribution is 7.99. The molecule has 2 heterocycles. The van der Waals surface area contributed by atoms with Crippen molar-refractivity contribution in [3.8, 4) is 0 Å². The van der Waals surface area contributed by atoms with Crippen LogP contribution >= 0.6 is 11.8 Å². The van der Waals surface area contributed by atoms with Gasteiger partial charge in [0.2, 0.25) is 5.91 Å². The number of nitrogens with one attached hydrogen (secondary N) is 1. The fraction of sp³-hybridized carbons (Fsp3) is 0.933. The van der Waals surface area contributed by atoms with Crippen LogP contribution in [-0.2, 0) is 4.79 Å². The Hall–Kier alpha value is -0.220. The van der Waals surface area contributed by atoms with Gasteiger partial charge < -0.3 is 4.90 Å². The summed E-state index contributed by atoms with van der Waals surface area (Å²) < 4.78 is 0. The van der Waals surface area contributed by atoms with Gasteiger partial charge in [-0.25, -0.2) is 0 Å². The van der Waals surface area contributed by atoms with Crippen molar-refractivity contribution in [3.05, 3.63) is 0 Å². The lowest BCUT2D eigenvalue weighted by molar-refractivity contribution is -0.132. The first kappa shape index (κ1) is 15.2. The summed E-state index contributed by atoms with van der Waals surface area (Å²) >= 11 is 2.00. The third-order valence-electron chi connectivity index (χ3n) is 4.09. The molecule has 2 saturated heterocycles. The fourth-order valence-corrected chi connectivity index (χ4v) is 4.32. The van der Waals surface area contributed by atoms with E-state index in [0.29, 0.717) is 23.8 Å². The maximum Gasteiger partial charge on any atom is 0.241 e. The second kappa shape index (κ2) is 6.49.